The van der Waals surface area contributed by atoms with Crippen LogP contribution in [0, 0.1) is 6.92 Å². The van der Waals surface area contributed by atoms with Crippen molar-refractivity contribution in [1.29, 1.82) is 0 Å². The first-order valence-electron chi connectivity index (χ1n) is 5.35. The van der Waals surface area contributed by atoms with Crippen LogP contribution in [-0.2, 0) is 0 Å². The summed E-state index contributed by atoms with van der Waals surface area (Å²) >= 11 is 1.82. The van der Waals surface area contributed by atoms with E-state index in [0.29, 0.717) is 0 Å². The zero-order chi connectivity index (χ0) is 10.5. The number of anilines is 1. The molecule has 0 saturated heterocycles. The predicted molar refractivity (Wildman–Crippen MR) is 68.8 cm³/mol. The summed E-state index contributed by atoms with van der Waals surface area (Å²) in [5.41, 5.74) is 2.42. The Morgan fingerprint density at radius 3 is 2.80 bits per heavy atom. The predicted octanol–water partition coefficient (Wildman–Crippen LogP) is 3.29. The van der Waals surface area contributed by atoms with E-state index in [1.54, 1.807) is 0 Å². The van der Waals surface area contributed by atoms with Crippen LogP contribution in [0.2, 0.25) is 0 Å². The van der Waals surface area contributed by atoms with Gasteiger partial charge in [0, 0.05) is 18.0 Å². The van der Waals surface area contributed by atoms with Crippen molar-refractivity contribution in [2.75, 3.05) is 17.6 Å². The van der Waals surface area contributed by atoms with Crippen molar-refractivity contribution in [3.8, 4) is 0 Å². The van der Waals surface area contributed by atoms with Crippen LogP contribution in [0.5, 0.6) is 0 Å². The molecular formula is C12H16N2S. The summed E-state index contributed by atoms with van der Waals surface area (Å²) in [5, 5.41) is 4.43. The molecule has 80 valence electrons. The van der Waals surface area contributed by atoms with Crippen molar-refractivity contribution in [1.82, 2.24) is 0 Å². The molecule has 0 fully saturated rings. The summed E-state index contributed by atoms with van der Waals surface area (Å²) in [5.74, 6) is 1.18. The summed E-state index contributed by atoms with van der Waals surface area (Å²) in [6.07, 6.45) is 2.49. The fourth-order valence-corrected chi connectivity index (χ4v) is 2.36. The zero-order valence-electron chi connectivity index (χ0n) is 8.99. The molecule has 0 aromatic heterocycles. The minimum Gasteiger partial charge on any atom is -0.335 e. The van der Waals surface area contributed by atoms with E-state index >= 15 is 0 Å². The highest BCUT2D eigenvalue weighted by atomic mass is 32.2. The highest BCUT2D eigenvalue weighted by Gasteiger charge is 2.04. The molecule has 1 aliphatic rings. The number of thioether (sulfide) groups is 1. The zero-order valence-corrected chi connectivity index (χ0v) is 9.81. The molecule has 0 bridgehead atoms. The molecule has 0 radical (unpaired) electrons. The minimum atomic E-state index is 0.960. The van der Waals surface area contributed by atoms with Crippen LogP contribution < -0.4 is 5.32 Å². The molecule has 0 amide bonds. The lowest BCUT2D eigenvalue weighted by atomic mass is 10.2. The molecule has 0 saturated carbocycles. The average Bonchev–Trinajstić information content (AvgIpc) is 2.50. The number of hydrogen-bond acceptors (Lipinski definition) is 3. The van der Waals surface area contributed by atoms with E-state index in [0.717, 1.165) is 17.4 Å². The van der Waals surface area contributed by atoms with Gasteiger partial charge >= 0.3 is 0 Å². The second kappa shape index (κ2) is 5.21. The first kappa shape index (κ1) is 10.6. The third kappa shape index (κ3) is 3.27. The summed E-state index contributed by atoms with van der Waals surface area (Å²) in [7, 11) is 0. The number of nitrogens with one attached hydrogen (secondary N) is 1. The maximum absolute atomic E-state index is 4.51. The smallest absolute Gasteiger partial charge is 0.161 e. The monoisotopic (exact) mass is 220 g/mol. The third-order valence-electron chi connectivity index (χ3n) is 2.35. The Morgan fingerprint density at radius 2 is 2.00 bits per heavy atom. The van der Waals surface area contributed by atoms with E-state index < -0.39 is 0 Å². The van der Waals surface area contributed by atoms with Gasteiger partial charge in [0.2, 0.25) is 0 Å². The molecule has 1 heterocycles. The average molecular weight is 220 g/mol. The number of nitrogens with zero attached hydrogens (tertiary/aromatic N) is 1. The number of hydrogen-bond donors (Lipinski definition) is 1. The Kier molecular flexibility index (Phi) is 3.67. The molecule has 2 nitrogen and oxygen atoms in total. The lowest BCUT2D eigenvalue weighted by Crippen LogP contribution is -2.07. The third-order valence-corrected chi connectivity index (χ3v) is 3.35. The minimum absolute atomic E-state index is 0.960. The van der Waals surface area contributed by atoms with Crippen LogP contribution >= 0.6 is 11.8 Å². The van der Waals surface area contributed by atoms with E-state index in [2.05, 4.69) is 41.5 Å². The van der Waals surface area contributed by atoms with Crippen molar-refractivity contribution in [2.24, 2.45) is 4.99 Å². The number of rotatable bonds is 1. The van der Waals surface area contributed by atoms with E-state index in [-0.39, 0.29) is 0 Å². The van der Waals surface area contributed by atoms with E-state index in [1.807, 2.05) is 11.8 Å². The Hall–Kier alpha value is -0.960. The van der Waals surface area contributed by atoms with Crippen LogP contribution in [0.25, 0.3) is 0 Å². The van der Waals surface area contributed by atoms with Crippen LogP contribution in [0.1, 0.15) is 18.4 Å². The largest absolute Gasteiger partial charge is 0.335 e. The van der Waals surface area contributed by atoms with Crippen LogP contribution in [0.3, 0.4) is 0 Å². The molecule has 1 aromatic carbocycles. The highest BCUT2D eigenvalue weighted by Crippen LogP contribution is 2.16. The van der Waals surface area contributed by atoms with Crippen molar-refractivity contribution in [3.05, 3.63) is 29.8 Å². The first-order chi connectivity index (χ1) is 7.34. The number of aryl methyl sites for hydroxylation is 1. The van der Waals surface area contributed by atoms with Crippen LogP contribution in [0.4, 0.5) is 5.69 Å². The lowest BCUT2D eigenvalue weighted by Gasteiger charge is -2.07. The van der Waals surface area contributed by atoms with Crippen molar-refractivity contribution >= 4 is 22.6 Å². The van der Waals surface area contributed by atoms with Gasteiger partial charge in [-0.25, -0.2) is 0 Å². The molecule has 0 unspecified atom stereocenters. The first-order valence-corrected chi connectivity index (χ1v) is 6.34. The summed E-state index contributed by atoms with van der Waals surface area (Å²) in [4.78, 5) is 4.51. The fourth-order valence-electron chi connectivity index (χ4n) is 1.44. The topological polar surface area (TPSA) is 24.4 Å². The number of aliphatic imine (C=N–C) groups is 1. The molecule has 1 aliphatic heterocycles. The molecule has 0 atom stereocenters. The maximum atomic E-state index is 4.51. The molecule has 15 heavy (non-hydrogen) atoms. The maximum Gasteiger partial charge on any atom is 0.161 e. The van der Waals surface area contributed by atoms with Gasteiger partial charge in [-0.05, 0) is 31.9 Å². The van der Waals surface area contributed by atoms with Gasteiger partial charge in [-0.15, -0.1) is 0 Å². The second-order valence-corrected chi connectivity index (χ2v) is 4.82. The SMILES string of the molecule is Cc1ccc(NC2=NCCCCS2)cc1. The Morgan fingerprint density at radius 1 is 1.20 bits per heavy atom. The van der Waals surface area contributed by atoms with Crippen LogP contribution in [0.15, 0.2) is 29.3 Å². The normalized spacial score (nSPS) is 16.7. The van der Waals surface area contributed by atoms with Crippen molar-refractivity contribution in [2.45, 2.75) is 19.8 Å². The summed E-state index contributed by atoms with van der Waals surface area (Å²) in [6.45, 7) is 3.06. The molecule has 0 spiro atoms. The van der Waals surface area contributed by atoms with Gasteiger partial charge in [-0.2, -0.15) is 0 Å². The van der Waals surface area contributed by atoms with Gasteiger partial charge in [0.1, 0.15) is 0 Å². The number of amidine groups is 1. The van der Waals surface area contributed by atoms with E-state index in [1.165, 1.54) is 24.2 Å². The van der Waals surface area contributed by atoms with E-state index in [9.17, 15) is 0 Å². The summed E-state index contributed by atoms with van der Waals surface area (Å²) in [6, 6.07) is 8.43. The van der Waals surface area contributed by atoms with Crippen molar-refractivity contribution < 1.29 is 0 Å². The van der Waals surface area contributed by atoms with E-state index in [4.69, 9.17) is 0 Å². The molecule has 0 aliphatic carbocycles. The molecule has 3 heteroatoms. The van der Waals surface area contributed by atoms with Gasteiger partial charge in [-0.1, -0.05) is 29.5 Å². The number of benzene rings is 1. The fraction of sp³-hybridized carbons (Fsp3) is 0.417. The highest BCUT2D eigenvalue weighted by molar-refractivity contribution is 8.14. The van der Waals surface area contributed by atoms with Gasteiger partial charge in [-0.3, -0.25) is 4.99 Å². The Bertz CT molecular complexity index is 343. The quantitative estimate of drug-likeness (QED) is 0.785. The van der Waals surface area contributed by atoms with Gasteiger partial charge in [0.05, 0.1) is 0 Å². The molecule has 1 N–H and O–H groups in total. The molecule has 2 rings (SSSR count). The lowest BCUT2D eigenvalue weighted by molar-refractivity contribution is 0.823. The summed E-state index contributed by atoms with van der Waals surface area (Å²) < 4.78 is 0. The molecular weight excluding hydrogens is 204 g/mol. The van der Waals surface area contributed by atoms with Gasteiger partial charge < -0.3 is 5.32 Å². The van der Waals surface area contributed by atoms with Gasteiger partial charge in [0.15, 0.2) is 5.17 Å². The Labute approximate surface area is 95.2 Å². The van der Waals surface area contributed by atoms with Gasteiger partial charge in [0.25, 0.3) is 0 Å². The van der Waals surface area contributed by atoms with Crippen LogP contribution in [-0.4, -0.2) is 17.5 Å². The van der Waals surface area contributed by atoms with Crippen molar-refractivity contribution in [3.63, 3.8) is 0 Å². The standard InChI is InChI=1S/C12H16N2S/c1-10-4-6-11(7-5-10)14-12-13-8-2-3-9-15-12/h4-7H,2-3,8-9H2,1H3,(H,13,14). The Balaban J connectivity index is 2.01. The molecule has 1 aromatic rings. The second-order valence-electron chi connectivity index (χ2n) is 3.73.